The number of hydrogen-bond acceptors (Lipinski definition) is 1. The van der Waals surface area contributed by atoms with Gasteiger partial charge >= 0.3 is 0 Å². The number of fused-ring (bicyclic) bond motifs is 1. The highest BCUT2D eigenvalue weighted by Crippen LogP contribution is 2.57. The Labute approximate surface area is 73.2 Å². The third kappa shape index (κ3) is 0.715. The van der Waals surface area contributed by atoms with E-state index in [2.05, 4.69) is 20.4 Å². The smallest absolute Gasteiger partial charge is 0.159 e. The molecule has 0 heterocycles. The lowest BCUT2D eigenvalue weighted by Gasteiger charge is -2.54. The van der Waals surface area contributed by atoms with Crippen LogP contribution in [0.25, 0.3) is 0 Å². The molecule has 2 atom stereocenters. The zero-order valence-corrected chi connectivity index (χ0v) is 7.63. The van der Waals surface area contributed by atoms with Crippen LogP contribution in [0, 0.1) is 17.3 Å². The summed E-state index contributed by atoms with van der Waals surface area (Å²) in [6.45, 7) is 8.10. The molecule has 0 aliphatic heterocycles. The molecule has 0 aromatic carbocycles. The third-order valence-electron chi connectivity index (χ3n) is 3.56. The summed E-state index contributed by atoms with van der Waals surface area (Å²) in [5.74, 6) is 1.17. The van der Waals surface area contributed by atoms with Gasteiger partial charge in [-0.2, -0.15) is 0 Å². The Bertz CT molecular complexity index is 283. The van der Waals surface area contributed by atoms with Crippen LogP contribution < -0.4 is 0 Å². The van der Waals surface area contributed by atoms with Crippen molar-refractivity contribution >= 4 is 5.78 Å². The second-order valence-corrected chi connectivity index (χ2v) is 4.41. The SMILES string of the molecule is C=CC1=CC(=O)C2C[C@@H]1C2(C)C. The van der Waals surface area contributed by atoms with E-state index in [1.165, 1.54) is 0 Å². The molecule has 0 radical (unpaired) electrons. The Morgan fingerprint density at radius 1 is 1.58 bits per heavy atom. The average Bonchev–Trinajstić information content (AvgIpc) is 2.02. The first-order chi connectivity index (χ1) is 5.57. The van der Waals surface area contributed by atoms with Crippen molar-refractivity contribution in [3.63, 3.8) is 0 Å². The fourth-order valence-electron chi connectivity index (χ4n) is 2.54. The lowest BCUT2D eigenvalue weighted by atomic mass is 9.48. The van der Waals surface area contributed by atoms with Gasteiger partial charge in [-0.05, 0) is 29.4 Å². The molecule has 3 rings (SSSR count). The number of allylic oxidation sites excluding steroid dienone is 3. The van der Waals surface area contributed by atoms with Gasteiger partial charge in [0.1, 0.15) is 0 Å². The predicted octanol–water partition coefficient (Wildman–Crippen LogP) is 2.34. The van der Waals surface area contributed by atoms with Crippen molar-refractivity contribution in [2.75, 3.05) is 0 Å². The second kappa shape index (κ2) is 2.09. The van der Waals surface area contributed by atoms with Crippen LogP contribution >= 0.6 is 0 Å². The number of ketones is 1. The molecule has 0 aromatic heterocycles. The minimum atomic E-state index is 0.190. The highest BCUT2D eigenvalue weighted by Gasteiger charge is 2.54. The van der Waals surface area contributed by atoms with E-state index in [0.717, 1.165) is 12.0 Å². The summed E-state index contributed by atoms with van der Waals surface area (Å²) in [6, 6.07) is 0. The maximum Gasteiger partial charge on any atom is 0.159 e. The minimum absolute atomic E-state index is 0.190. The summed E-state index contributed by atoms with van der Waals surface area (Å²) in [6.07, 6.45) is 4.65. The van der Waals surface area contributed by atoms with E-state index in [-0.39, 0.29) is 11.3 Å². The average molecular weight is 162 g/mol. The predicted molar refractivity (Wildman–Crippen MR) is 48.7 cm³/mol. The van der Waals surface area contributed by atoms with E-state index in [0.29, 0.717) is 11.7 Å². The van der Waals surface area contributed by atoms with Crippen molar-refractivity contribution < 1.29 is 4.79 Å². The van der Waals surface area contributed by atoms with Crippen molar-refractivity contribution in [2.45, 2.75) is 20.3 Å². The molecule has 12 heavy (non-hydrogen) atoms. The van der Waals surface area contributed by atoms with Crippen LogP contribution in [0.3, 0.4) is 0 Å². The summed E-state index contributed by atoms with van der Waals surface area (Å²) in [7, 11) is 0. The van der Waals surface area contributed by atoms with Crippen molar-refractivity contribution in [1.29, 1.82) is 0 Å². The number of hydrogen-bond donors (Lipinski definition) is 0. The van der Waals surface area contributed by atoms with Gasteiger partial charge in [0, 0.05) is 5.92 Å². The van der Waals surface area contributed by atoms with Crippen LogP contribution in [0.1, 0.15) is 20.3 Å². The van der Waals surface area contributed by atoms with Gasteiger partial charge in [-0.25, -0.2) is 0 Å². The van der Waals surface area contributed by atoms with Crippen LogP contribution in [0.2, 0.25) is 0 Å². The molecule has 0 aromatic rings. The Morgan fingerprint density at radius 2 is 2.25 bits per heavy atom. The van der Waals surface area contributed by atoms with E-state index in [1.807, 2.05) is 6.08 Å². The third-order valence-corrected chi connectivity index (χ3v) is 3.56. The summed E-state index contributed by atoms with van der Waals surface area (Å²) < 4.78 is 0. The Balaban J connectivity index is 2.42. The van der Waals surface area contributed by atoms with Crippen LogP contribution in [-0.4, -0.2) is 5.78 Å². The number of carbonyl (C=O) groups excluding carboxylic acids is 1. The molecule has 3 aliphatic carbocycles. The van der Waals surface area contributed by atoms with Gasteiger partial charge in [0.15, 0.2) is 5.78 Å². The van der Waals surface area contributed by atoms with E-state index in [4.69, 9.17) is 0 Å². The minimum Gasteiger partial charge on any atom is -0.295 e. The highest BCUT2D eigenvalue weighted by molar-refractivity contribution is 5.96. The summed E-state index contributed by atoms with van der Waals surface area (Å²) >= 11 is 0. The van der Waals surface area contributed by atoms with Gasteiger partial charge in [0.2, 0.25) is 0 Å². The molecule has 0 N–H and O–H groups in total. The summed E-state index contributed by atoms with van der Waals surface area (Å²) in [5, 5.41) is 0. The molecule has 1 heteroatoms. The van der Waals surface area contributed by atoms with Crippen molar-refractivity contribution in [3.05, 3.63) is 24.3 Å². The Kier molecular flexibility index (Phi) is 1.36. The van der Waals surface area contributed by atoms with Crippen LogP contribution in [0.15, 0.2) is 24.3 Å². The van der Waals surface area contributed by atoms with Crippen molar-refractivity contribution in [3.8, 4) is 0 Å². The van der Waals surface area contributed by atoms with Gasteiger partial charge in [0.25, 0.3) is 0 Å². The second-order valence-electron chi connectivity index (χ2n) is 4.41. The summed E-state index contributed by atoms with van der Waals surface area (Å²) in [4.78, 5) is 11.5. The molecular weight excluding hydrogens is 148 g/mol. The van der Waals surface area contributed by atoms with Gasteiger partial charge in [-0.1, -0.05) is 26.5 Å². The largest absolute Gasteiger partial charge is 0.295 e. The quantitative estimate of drug-likeness (QED) is 0.578. The fourth-order valence-corrected chi connectivity index (χ4v) is 2.54. The zero-order chi connectivity index (χ0) is 8.93. The van der Waals surface area contributed by atoms with Gasteiger partial charge in [0.05, 0.1) is 0 Å². The van der Waals surface area contributed by atoms with Gasteiger partial charge in [-0.3, -0.25) is 4.79 Å². The van der Waals surface area contributed by atoms with Gasteiger partial charge < -0.3 is 0 Å². The molecule has 1 unspecified atom stereocenters. The topological polar surface area (TPSA) is 17.1 Å². The first-order valence-corrected chi connectivity index (χ1v) is 4.45. The lowest BCUT2D eigenvalue weighted by Crippen LogP contribution is -2.52. The van der Waals surface area contributed by atoms with E-state index in [1.54, 1.807) is 6.08 Å². The first kappa shape index (κ1) is 7.78. The van der Waals surface area contributed by atoms with E-state index < -0.39 is 0 Å². The van der Waals surface area contributed by atoms with Crippen LogP contribution in [0.5, 0.6) is 0 Å². The normalized spacial score (nSPS) is 36.8. The molecule has 0 amide bonds. The molecular formula is C11H14O. The molecule has 3 aliphatic rings. The van der Waals surface area contributed by atoms with Crippen molar-refractivity contribution in [1.82, 2.24) is 0 Å². The molecule has 1 fully saturated rings. The highest BCUT2D eigenvalue weighted by atomic mass is 16.1. The Morgan fingerprint density at radius 3 is 2.67 bits per heavy atom. The van der Waals surface area contributed by atoms with Crippen LogP contribution in [0.4, 0.5) is 0 Å². The maximum atomic E-state index is 11.5. The molecule has 1 nitrogen and oxygen atoms in total. The standard InChI is InChI=1S/C11H14O/c1-4-7-5-10(12)9-6-8(7)11(9,2)3/h4-5,8-9H,1,6H2,2-3H3/t8-,9?/m0/s1. The molecule has 2 bridgehead atoms. The lowest BCUT2D eigenvalue weighted by molar-refractivity contribution is -0.133. The van der Waals surface area contributed by atoms with Crippen LogP contribution in [-0.2, 0) is 4.79 Å². The zero-order valence-electron chi connectivity index (χ0n) is 7.63. The molecule has 64 valence electrons. The molecule has 0 spiro atoms. The van der Waals surface area contributed by atoms with Crippen molar-refractivity contribution in [2.24, 2.45) is 17.3 Å². The summed E-state index contributed by atoms with van der Waals surface area (Å²) in [5.41, 5.74) is 1.34. The van der Waals surface area contributed by atoms with Gasteiger partial charge in [-0.15, -0.1) is 0 Å². The van der Waals surface area contributed by atoms with E-state index >= 15 is 0 Å². The fraction of sp³-hybridized carbons (Fsp3) is 0.545. The first-order valence-electron chi connectivity index (χ1n) is 4.45. The Hall–Kier alpha value is -0.850. The number of carbonyl (C=O) groups is 1. The maximum absolute atomic E-state index is 11.5. The molecule has 1 saturated carbocycles. The monoisotopic (exact) mass is 162 g/mol. The molecule has 0 saturated heterocycles. The van der Waals surface area contributed by atoms with E-state index in [9.17, 15) is 4.79 Å². The number of rotatable bonds is 1.